The third kappa shape index (κ3) is 5.46. The van der Waals surface area contributed by atoms with Crippen LogP contribution in [0.5, 0.6) is 11.5 Å². The van der Waals surface area contributed by atoms with E-state index in [0.29, 0.717) is 0 Å². The summed E-state index contributed by atoms with van der Waals surface area (Å²) in [5, 5.41) is 0. The monoisotopic (exact) mass is 538 g/mol. The van der Waals surface area contributed by atoms with Gasteiger partial charge in [0.05, 0.1) is 0 Å². The molecule has 1 heteroatoms. The highest BCUT2D eigenvalue weighted by Gasteiger charge is 2.18. The van der Waals surface area contributed by atoms with Crippen LogP contribution < -0.4 is 4.74 Å². The quantitative estimate of drug-likeness (QED) is 0.191. The van der Waals surface area contributed by atoms with Crippen molar-refractivity contribution < 1.29 is 4.74 Å². The summed E-state index contributed by atoms with van der Waals surface area (Å²) in [5.41, 5.74) is 11.9. The van der Waals surface area contributed by atoms with Gasteiger partial charge in [-0.25, -0.2) is 0 Å². The van der Waals surface area contributed by atoms with Gasteiger partial charge in [-0.15, -0.1) is 0 Å². The molecule has 7 rings (SSSR count). The van der Waals surface area contributed by atoms with Gasteiger partial charge in [0.1, 0.15) is 11.5 Å². The van der Waals surface area contributed by atoms with E-state index in [1.165, 1.54) is 44.5 Å². The van der Waals surface area contributed by atoms with E-state index < -0.39 is 0 Å². The molecule has 0 aromatic heterocycles. The van der Waals surface area contributed by atoms with E-state index in [9.17, 15) is 0 Å². The highest BCUT2D eigenvalue weighted by molar-refractivity contribution is 5.92. The van der Waals surface area contributed by atoms with Crippen molar-refractivity contribution in [3.05, 3.63) is 202 Å². The van der Waals surface area contributed by atoms with Crippen LogP contribution in [-0.2, 0) is 6.42 Å². The number of rotatable bonds is 6. The zero-order valence-electron chi connectivity index (χ0n) is 23.3. The fourth-order valence-electron chi connectivity index (χ4n) is 5.65. The molecule has 0 atom stereocenters. The Bertz CT molecular complexity index is 1660. The first kappa shape index (κ1) is 25.6. The standard InChI is InChI=1S/C41H30O/c1-5-13-32(14-6-1)38(33-15-7-2-8-16-33)27-30-21-23-40-36(25-30)29-37-26-31(22-24-41(37)42-40)28-39(34-17-9-3-10-18-34)35-19-11-4-12-20-35/h1-28H,29H2. The first-order valence-electron chi connectivity index (χ1n) is 14.4. The molecule has 0 saturated heterocycles. The van der Waals surface area contributed by atoms with Crippen molar-refractivity contribution in [2.24, 2.45) is 0 Å². The lowest BCUT2D eigenvalue weighted by molar-refractivity contribution is 0.460. The molecule has 42 heavy (non-hydrogen) atoms. The van der Waals surface area contributed by atoms with Crippen molar-refractivity contribution in [1.29, 1.82) is 0 Å². The minimum atomic E-state index is 0.825. The van der Waals surface area contributed by atoms with Gasteiger partial charge in [-0.1, -0.05) is 133 Å². The molecule has 200 valence electrons. The lowest BCUT2D eigenvalue weighted by Crippen LogP contribution is -2.03. The summed E-state index contributed by atoms with van der Waals surface area (Å²) < 4.78 is 6.39. The average Bonchev–Trinajstić information content (AvgIpc) is 3.06. The smallest absolute Gasteiger partial charge is 0.131 e. The maximum absolute atomic E-state index is 6.39. The zero-order chi connectivity index (χ0) is 28.1. The molecule has 0 saturated carbocycles. The lowest BCUT2D eigenvalue weighted by atomic mass is 9.92. The van der Waals surface area contributed by atoms with Crippen LogP contribution in [0.1, 0.15) is 44.5 Å². The Balaban J connectivity index is 1.24. The highest BCUT2D eigenvalue weighted by atomic mass is 16.5. The molecule has 1 aliphatic rings. The van der Waals surface area contributed by atoms with Gasteiger partial charge in [0.15, 0.2) is 0 Å². The van der Waals surface area contributed by atoms with Gasteiger partial charge in [0.2, 0.25) is 0 Å². The number of benzene rings is 6. The molecular weight excluding hydrogens is 508 g/mol. The molecule has 0 amide bonds. The van der Waals surface area contributed by atoms with Crippen molar-refractivity contribution in [2.75, 3.05) is 0 Å². The van der Waals surface area contributed by atoms with Crippen LogP contribution in [0.3, 0.4) is 0 Å². The van der Waals surface area contributed by atoms with Crippen molar-refractivity contribution in [3.63, 3.8) is 0 Å². The predicted octanol–water partition coefficient (Wildman–Crippen LogP) is 10.6. The third-order valence-corrected chi connectivity index (χ3v) is 7.73. The van der Waals surface area contributed by atoms with E-state index >= 15 is 0 Å². The summed E-state index contributed by atoms with van der Waals surface area (Å²) in [6.45, 7) is 0. The van der Waals surface area contributed by atoms with Gasteiger partial charge in [-0.2, -0.15) is 0 Å². The molecule has 0 aliphatic carbocycles. The summed E-state index contributed by atoms with van der Waals surface area (Å²) in [6, 6.07) is 55.4. The summed E-state index contributed by atoms with van der Waals surface area (Å²) in [7, 11) is 0. The van der Waals surface area contributed by atoms with Gasteiger partial charge in [0, 0.05) is 6.42 Å². The van der Waals surface area contributed by atoms with Crippen LogP contribution in [0, 0.1) is 0 Å². The predicted molar refractivity (Wildman–Crippen MR) is 175 cm³/mol. The maximum atomic E-state index is 6.39. The second-order valence-corrected chi connectivity index (χ2v) is 10.6. The molecule has 1 heterocycles. The van der Waals surface area contributed by atoms with Crippen LogP contribution >= 0.6 is 0 Å². The lowest BCUT2D eigenvalue weighted by Gasteiger charge is -2.21. The first-order chi connectivity index (χ1) is 20.8. The highest BCUT2D eigenvalue weighted by Crippen LogP contribution is 2.39. The van der Waals surface area contributed by atoms with Crippen molar-refractivity contribution >= 4 is 23.3 Å². The van der Waals surface area contributed by atoms with Crippen LogP contribution in [0.2, 0.25) is 0 Å². The van der Waals surface area contributed by atoms with E-state index in [1.807, 2.05) is 0 Å². The van der Waals surface area contributed by atoms with E-state index in [4.69, 9.17) is 4.74 Å². The Kier molecular flexibility index (Phi) is 7.06. The Hall–Kier alpha value is -5.40. The maximum Gasteiger partial charge on any atom is 0.131 e. The van der Waals surface area contributed by atoms with Gasteiger partial charge in [0.25, 0.3) is 0 Å². The first-order valence-corrected chi connectivity index (χ1v) is 14.4. The Morgan fingerprint density at radius 2 is 0.738 bits per heavy atom. The SMILES string of the molecule is C(=C(c1ccccc1)c1ccccc1)c1ccc2c(c1)Cc1cc(C=C(c3ccccc3)c3ccccc3)ccc1O2. The minimum absolute atomic E-state index is 0.825. The van der Waals surface area contributed by atoms with Crippen LogP contribution in [0.4, 0.5) is 0 Å². The molecule has 0 fully saturated rings. The fraction of sp³-hybridized carbons (Fsp3) is 0.0244. The topological polar surface area (TPSA) is 9.23 Å². The van der Waals surface area contributed by atoms with Gasteiger partial charge < -0.3 is 4.74 Å². The second kappa shape index (κ2) is 11.6. The Morgan fingerprint density at radius 1 is 0.405 bits per heavy atom. The molecule has 0 bridgehead atoms. The molecule has 0 N–H and O–H groups in total. The van der Waals surface area contributed by atoms with Crippen LogP contribution in [0.25, 0.3) is 23.3 Å². The summed E-state index contributed by atoms with van der Waals surface area (Å²) in [5.74, 6) is 1.86. The number of hydrogen-bond acceptors (Lipinski definition) is 1. The third-order valence-electron chi connectivity index (χ3n) is 7.73. The molecule has 1 aliphatic heterocycles. The Morgan fingerprint density at radius 3 is 1.07 bits per heavy atom. The molecule has 0 unspecified atom stereocenters. The van der Waals surface area contributed by atoms with Crippen molar-refractivity contribution in [3.8, 4) is 11.5 Å². The molecule has 6 aromatic rings. The van der Waals surface area contributed by atoms with Crippen LogP contribution in [-0.4, -0.2) is 0 Å². The van der Waals surface area contributed by atoms with Crippen molar-refractivity contribution in [1.82, 2.24) is 0 Å². The van der Waals surface area contributed by atoms with E-state index in [-0.39, 0.29) is 0 Å². The fourth-order valence-corrected chi connectivity index (χ4v) is 5.65. The molecule has 6 aromatic carbocycles. The summed E-state index contributed by atoms with van der Waals surface area (Å²) in [6.07, 6.45) is 5.39. The van der Waals surface area contributed by atoms with E-state index in [0.717, 1.165) is 29.0 Å². The summed E-state index contributed by atoms with van der Waals surface area (Å²) >= 11 is 0. The normalized spacial score (nSPS) is 11.4. The van der Waals surface area contributed by atoms with Crippen LogP contribution in [0.15, 0.2) is 158 Å². The minimum Gasteiger partial charge on any atom is -0.457 e. The number of ether oxygens (including phenoxy) is 1. The van der Waals surface area contributed by atoms with Gasteiger partial charge in [-0.3, -0.25) is 0 Å². The Labute approximate surface area is 247 Å². The number of hydrogen-bond donors (Lipinski definition) is 0. The average molecular weight is 539 g/mol. The van der Waals surface area contributed by atoms with E-state index in [2.05, 4.69) is 170 Å². The molecule has 0 radical (unpaired) electrons. The largest absolute Gasteiger partial charge is 0.457 e. The van der Waals surface area contributed by atoms with Crippen molar-refractivity contribution in [2.45, 2.75) is 6.42 Å². The molecule has 0 spiro atoms. The number of fused-ring (bicyclic) bond motifs is 2. The van der Waals surface area contributed by atoms with Gasteiger partial charge in [-0.05, 0) is 92.1 Å². The zero-order valence-corrected chi connectivity index (χ0v) is 23.3. The van der Waals surface area contributed by atoms with E-state index in [1.54, 1.807) is 0 Å². The molecular formula is C41H30O. The summed E-state index contributed by atoms with van der Waals surface area (Å²) in [4.78, 5) is 0. The molecule has 1 nitrogen and oxygen atoms in total. The second-order valence-electron chi connectivity index (χ2n) is 10.6. The van der Waals surface area contributed by atoms with Gasteiger partial charge >= 0.3 is 0 Å².